The van der Waals surface area contributed by atoms with Gasteiger partial charge in [-0.1, -0.05) is 13.0 Å². The Morgan fingerprint density at radius 1 is 1.47 bits per heavy atom. The van der Waals surface area contributed by atoms with Gasteiger partial charge in [0.05, 0.1) is 6.61 Å². The lowest BCUT2D eigenvalue weighted by Crippen LogP contribution is -2.42. The summed E-state index contributed by atoms with van der Waals surface area (Å²) >= 11 is 0. The molecule has 2 unspecified atom stereocenters. The Morgan fingerprint density at radius 2 is 2.37 bits per heavy atom. The van der Waals surface area contributed by atoms with Gasteiger partial charge in [-0.25, -0.2) is 0 Å². The fraction of sp³-hybridized carbons (Fsp3) is 0.688. The molecule has 106 valence electrons. The van der Waals surface area contributed by atoms with Crippen LogP contribution in [-0.4, -0.2) is 30.8 Å². The van der Waals surface area contributed by atoms with E-state index in [1.54, 1.807) is 0 Å². The molecule has 1 aliphatic heterocycles. The van der Waals surface area contributed by atoms with E-state index >= 15 is 0 Å². The Bertz CT molecular complexity index is 358. The van der Waals surface area contributed by atoms with E-state index in [1.165, 1.54) is 30.5 Å². The second kappa shape index (κ2) is 7.61. The number of ether oxygens (including phenoxy) is 1. The highest BCUT2D eigenvalue weighted by Gasteiger charge is 2.24. The third-order valence-electron chi connectivity index (χ3n) is 3.82. The Kier molecular flexibility index (Phi) is 5.80. The average molecular weight is 262 g/mol. The lowest BCUT2D eigenvalue weighted by Gasteiger charge is -2.31. The van der Waals surface area contributed by atoms with Crippen molar-refractivity contribution in [1.29, 1.82) is 0 Å². The van der Waals surface area contributed by atoms with E-state index in [9.17, 15) is 0 Å². The quantitative estimate of drug-likeness (QED) is 0.856. The van der Waals surface area contributed by atoms with Crippen LogP contribution in [0.2, 0.25) is 0 Å². The number of aryl methyl sites for hydroxylation is 1. The zero-order valence-corrected chi connectivity index (χ0v) is 12.2. The SMILES string of the molecule is CCCNC(Cc1ccc(C)cn1)C1CCCOC1. The van der Waals surface area contributed by atoms with Gasteiger partial charge in [0.2, 0.25) is 0 Å². The number of hydrogen-bond acceptors (Lipinski definition) is 3. The van der Waals surface area contributed by atoms with Crippen molar-refractivity contribution in [2.45, 2.75) is 45.6 Å². The fourth-order valence-electron chi connectivity index (χ4n) is 2.66. The first-order valence-corrected chi connectivity index (χ1v) is 7.52. The van der Waals surface area contributed by atoms with Crippen molar-refractivity contribution >= 4 is 0 Å². The molecule has 0 amide bonds. The molecule has 2 heterocycles. The first kappa shape index (κ1) is 14.5. The maximum absolute atomic E-state index is 5.64. The van der Waals surface area contributed by atoms with E-state index in [1.807, 2.05) is 6.20 Å². The zero-order chi connectivity index (χ0) is 13.5. The molecule has 1 aliphatic rings. The molecule has 0 spiro atoms. The largest absolute Gasteiger partial charge is 0.381 e. The maximum atomic E-state index is 5.64. The first-order valence-electron chi connectivity index (χ1n) is 7.52. The lowest BCUT2D eigenvalue weighted by molar-refractivity contribution is 0.0392. The number of nitrogens with zero attached hydrogens (tertiary/aromatic N) is 1. The van der Waals surface area contributed by atoms with Crippen LogP contribution < -0.4 is 5.32 Å². The molecule has 3 heteroatoms. The van der Waals surface area contributed by atoms with Crippen LogP contribution >= 0.6 is 0 Å². The summed E-state index contributed by atoms with van der Waals surface area (Å²) in [4.78, 5) is 4.54. The van der Waals surface area contributed by atoms with Crippen LogP contribution in [0.25, 0.3) is 0 Å². The molecular formula is C16H26N2O. The summed E-state index contributed by atoms with van der Waals surface area (Å²) in [5.41, 5.74) is 2.41. The molecule has 0 radical (unpaired) electrons. The van der Waals surface area contributed by atoms with Crippen molar-refractivity contribution in [3.63, 3.8) is 0 Å². The molecule has 1 aromatic heterocycles. The molecule has 0 saturated carbocycles. The van der Waals surface area contributed by atoms with Crippen LogP contribution in [0.5, 0.6) is 0 Å². The molecule has 2 atom stereocenters. The van der Waals surface area contributed by atoms with Gasteiger partial charge in [-0.05, 0) is 50.3 Å². The molecule has 1 aromatic rings. The predicted molar refractivity (Wildman–Crippen MR) is 78.3 cm³/mol. The van der Waals surface area contributed by atoms with Crippen LogP contribution in [0.15, 0.2) is 18.3 Å². The van der Waals surface area contributed by atoms with Crippen molar-refractivity contribution in [2.75, 3.05) is 19.8 Å². The molecule has 3 nitrogen and oxygen atoms in total. The number of hydrogen-bond donors (Lipinski definition) is 1. The molecular weight excluding hydrogens is 236 g/mol. The van der Waals surface area contributed by atoms with Crippen LogP contribution in [0.4, 0.5) is 0 Å². The van der Waals surface area contributed by atoms with Crippen molar-refractivity contribution in [2.24, 2.45) is 5.92 Å². The summed E-state index contributed by atoms with van der Waals surface area (Å²) in [7, 11) is 0. The van der Waals surface area contributed by atoms with E-state index in [2.05, 4.69) is 36.3 Å². The highest BCUT2D eigenvalue weighted by atomic mass is 16.5. The minimum atomic E-state index is 0.496. The average Bonchev–Trinajstić information content (AvgIpc) is 2.46. The van der Waals surface area contributed by atoms with Crippen molar-refractivity contribution in [1.82, 2.24) is 10.3 Å². The van der Waals surface area contributed by atoms with Crippen LogP contribution in [0.1, 0.15) is 37.4 Å². The summed E-state index contributed by atoms with van der Waals surface area (Å²) in [5, 5.41) is 3.68. The van der Waals surface area contributed by atoms with Gasteiger partial charge in [0.15, 0.2) is 0 Å². The Hall–Kier alpha value is -0.930. The normalized spacial score (nSPS) is 21.3. The Morgan fingerprint density at radius 3 is 3.00 bits per heavy atom. The van der Waals surface area contributed by atoms with Crippen LogP contribution in [-0.2, 0) is 11.2 Å². The molecule has 1 fully saturated rings. The minimum Gasteiger partial charge on any atom is -0.381 e. The summed E-state index contributed by atoms with van der Waals surface area (Å²) in [5.74, 6) is 0.628. The standard InChI is InChI=1S/C16H26N2O/c1-3-8-17-16(14-5-4-9-19-12-14)10-15-7-6-13(2)11-18-15/h6-7,11,14,16-17H,3-5,8-10,12H2,1-2H3. The van der Waals surface area contributed by atoms with Gasteiger partial charge in [0.1, 0.15) is 0 Å². The monoisotopic (exact) mass is 262 g/mol. The smallest absolute Gasteiger partial charge is 0.0509 e. The third-order valence-corrected chi connectivity index (χ3v) is 3.82. The molecule has 1 N–H and O–H groups in total. The van der Waals surface area contributed by atoms with Gasteiger partial charge >= 0.3 is 0 Å². The number of pyridine rings is 1. The molecule has 2 rings (SSSR count). The number of rotatable bonds is 6. The summed E-state index contributed by atoms with van der Waals surface area (Å²) in [6.45, 7) is 7.20. The van der Waals surface area contributed by atoms with Gasteiger partial charge in [-0.15, -0.1) is 0 Å². The van der Waals surface area contributed by atoms with E-state index < -0.39 is 0 Å². The first-order chi connectivity index (χ1) is 9.29. The number of nitrogens with one attached hydrogen (secondary N) is 1. The van der Waals surface area contributed by atoms with Gasteiger partial charge in [0, 0.05) is 31.0 Å². The molecule has 1 saturated heterocycles. The van der Waals surface area contributed by atoms with Gasteiger partial charge in [0.25, 0.3) is 0 Å². The van der Waals surface area contributed by atoms with Crippen molar-refractivity contribution < 1.29 is 4.74 Å². The maximum Gasteiger partial charge on any atom is 0.0509 e. The minimum absolute atomic E-state index is 0.496. The van der Waals surface area contributed by atoms with E-state index in [-0.39, 0.29) is 0 Å². The molecule has 19 heavy (non-hydrogen) atoms. The molecule has 0 aliphatic carbocycles. The predicted octanol–water partition coefficient (Wildman–Crippen LogP) is 2.73. The van der Waals surface area contributed by atoms with E-state index in [0.29, 0.717) is 12.0 Å². The van der Waals surface area contributed by atoms with Gasteiger partial charge < -0.3 is 10.1 Å². The summed E-state index contributed by atoms with van der Waals surface area (Å²) in [6, 6.07) is 4.80. The Labute approximate surface area is 116 Å². The van der Waals surface area contributed by atoms with E-state index in [0.717, 1.165) is 26.2 Å². The second-order valence-electron chi connectivity index (χ2n) is 5.57. The lowest BCUT2D eigenvalue weighted by atomic mass is 9.90. The third kappa shape index (κ3) is 4.59. The summed E-state index contributed by atoms with van der Waals surface area (Å²) < 4.78 is 5.64. The van der Waals surface area contributed by atoms with Gasteiger partial charge in [-0.3, -0.25) is 4.98 Å². The Balaban J connectivity index is 1.97. The highest BCUT2D eigenvalue weighted by Crippen LogP contribution is 2.20. The van der Waals surface area contributed by atoms with Crippen molar-refractivity contribution in [3.05, 3.63) is 29.6 Å². The second-order valence-corrected chi connectivity index (χ2v) is 5.57. The van der Waals surface area contributed by atoms with Crippen LogP contribution in [0, 0.1) is 12.8 Å². The van der Waals surface area contributed by atoms with Crippen molar-refractivity contribution in [3.8, 4) is 0 Å². The number of aromatic nitrogens is 1. The zero-order valence-electron chi connectivity index (χ0n) is 12.2. The molecule has 0 aromatic carbocycles. The van der Waals surface area contributed by atoms with Crippen LogP contribution in [0.3, 0.4) is 0 Å². The highest BCUT2D eigenvalue weighted by molar-refractivity contribution is 5.13. The summed E-state index contributed by atoms with van der Waals surface area (Å²) in [6.07, 6.45) is 6.60. The van der Waals surface area contributed by atoms with E-state index in [4.69, 9.17) is 4.74 Å². The van der Waals surface area contributed by atoms with Gasteiger partial charge in [-0.2, -0.15) is 0 Å². The topological polar surface area (TPSA) is 34.2 Å². The fourth-order valence-corrected chi connectivity index (χ4v) is 2.66. The molecule has 0 bridgehead atoms.